The molecule has 3 aromatic rings. The van der Waals surface area contributed by atoms with Gasteiger partial charge in [-0.1, -0.05) is 38.1 Å². The van der Waals surface area contributed by atoms with Crippen molar-refractivity contribution in [2.75, 3.05) is 43.8 Å². The van der Waals surface area contributed by atoms with Crippen LogP contribution in [0.25, 0.3) is 11.3 Å². The van der Waals surface area contributed by atoms with Crippen molar-refractivity contribution in [3.8, 4) is 11.3 Å². The SMILES string of the molecule is CCN1CCN(C(C)(CC)c2cnc(-c3ccc(C(=O)Nc4ccccc4N)cc3)c(F)c2)CC1. The van der Waals surface area contributed by atoms with E-state index >= 15 is 4.39 Å². The predicted octanol–water partition coefficient (Wildman–Crippen LogP) is 4.98. The number of amides is 1. The van der Waals surface area contributed by atoms with E-state index in [1.54, 1.807) is 48.7 Å². The van der Waals surface area contributed by atoms with Crippen LogP contribution in [0.15, 0.2) is 60.8 Å². The fourth-order valence-corrected chi connectivity index (χ4v) is 4.70. The number of pyridine rings is 1. The topological polar surface area (TPSA) is 74.5 Å². The molecule has 0 saturated carbocycles. The first-order chi connectivity index (χ1) is 16.9. The standard InChI is InChI=1S/C28H34FN5O/c1-4-28(3,34-16-14-33(5-2)15-17-34)22-18-23(29)26(31-19-22)20-10-12-21(13-11-20)27(35)32-25-9-7-6-8-24(25)30/h6-13,18-19H,4-5,14-17,30H2,1-3H3,(H,32,35). The van der Waals surface area contributed by atoms with E-state index in [4.69, 9.17) is 5.73 Å². The van der Waals surface area contributed by atoms with Gasteiger partial charge in [-0.05, 0) is 55.8 Å². The molecule has 0 radical (unpaired) electrons. The molecule has 35 heavy (non-hydrogen) atoms. The van der Waals surface area contributed by atoms with Gasteiger partial charge >= 0.3 is 0 Å². The van der Waals surface area contributed by atoms with Gasteiger partial charge in [0.2, 0.25) is 0 Å². The minimum atomic E-state index is -0.358. The van der Waals surface area contributed by atoms with Crippen LogP contribution < -0.4 is 11.1 Å². The number of nitrogen functional groups attached to an aromatic ring is 1. The molecule has 2 aromatic carbocycles. The van der Waals surface area contributed by atoms with Crippen molar-refractivity contribution >= 4 is 17.3 Å². The van der Waals surface area contributed by atoms with Crippen LogP contribution in [0, 0.1) is 5.82 Å². The van der Waals surface area contributed by atoms with Gasteiger partial charge in [0.05, 0.1) is 11.4 Å². The molecule has 6 nitrogen and oxygen atoms in total. The smallest absolute Gasteiger partial charge is 0.255 e. The number of carbonyl (C=O) groups excluding carboxylic acids is 1. The molecule has 1 amide bonds. The van der Waals surface area contributed by atoms with Gasteiger partial charge in [-0.3, -0.25) is 14.7 Å². The highest BCUT2D eigenvalue weighted by Crippen LogP contribution is 2.34. The van der Waals surface area contributed by atoms with Crippen molar-refractivity contribution in [1.29, 1.82) is 0 Å². The zero-order valence-corrected chi connectivity index (χ0v) is 20.7. The van der Waals surface area contributed by atoms with Gasteiger partial charge < -0.3 is 16.0 Å². The lowest BCUT2D eigenvalue weighted by Crippen LogP contribution is -2.54. The molecule has 1 atom stereocenters. The zero-order valence-electron chi connectivity index (χ0n) is 20.7. The lowest BCUT2D eigenvalue weighted by Gasteiger charge is -2.45. The number of anilines is 2. The van der Waals surface area contributed by atoms with Crippen LogP contribution in [0.1, 0.15) is 43.1 Å². The van der Waals surface area contributed by atoms with Crippen molar-refractivity contribution in [3.05, 3.63) is 77.7 Å². The Balaban J connectivity index is 1.51. The Morgan fingerprint density at radius 3 is 2.37 bits per heavy atom. The molecule has 0 aliphatic carbocycles. The molecule has 0 spiro atoms. The number of piperazine rings is 1. The molecule has 1 aliphatic rings. The van der Waals surface area contributed by atoms with Gasteiger partial charge in [-0.15, -0.1) is 0 Å². The molecule has 1 unspecified atom stereocenters. The summed E-state index contributed by atoms with van der Waals surface area (Å²) in [5.74, 6) is -0.635. The van der Waals surface area contributed by atoms with Crippen LogP contribution in [0.4, 0.5) is 15.8 Å². The quantitative estimate of drug-likeness (QED) is 0.471. The van der Waals surface area contributed by atoms with Crippen LogP contribution in [0.3, 0.4) is 0 Å². The number of nitrogens with one attached hydrogen (secondary N) is 1. The maximum Gasteiger partial charge on any atom is 0.255 e. The number of aromatic nitrogens is 1. The number of carbonyl (C=O) groups is 1. The molecule has 0 bridgehead atoms. The first-order valence-corrected chi connectivity index (χ1v) is 12.3. The lowest BCUT2D eigenvalue weighted by molar-refractivity contribution is 0.0385. The number of halogens is 1. The van der Waals surface area contributed by atoms with Crippen molar-refractivity contribution in [1.82, 2.24) is 14.8 Å². The second-order valence-electron chi connectivity index (χ2n) is 9.22. The predicted molar refractivity (Wildman–Crippen MR) is 140 cm³/mol. The van der Waals surface area contributed by atoms with E-state index in [9.17, 15) is 4.79 Å². The maximum absolute atomic E-state index is 15.3. The molecule has 3 N–H and O–H groups in total. The third kappa shape index (κ3) is 5.21. The summed E-state index contributed by atoms with van der Waals surface area (Å²) in [7, 11) is 0. The largest absolute Gasteiger partial charge is 0.397 e. The molecule has 2 heterocycles. The summed E-state index contributed by atoms with van der Waals surface area (Å²) in [6.07, 6.45) is 2.67. The molecule has 184 valence electrons. The van der Waals surface area contributed by atoms with Crippen LogP contribution in [0.5, 0.6) is 0 Å². The first-order valence-electron chi connectivity index (χ1n) is 12.3. The summed E-state index contributed by atoms with van der Waals surface area (Å²) in [5.41, 5.74) is 8.94. The molecular weight excluding hydrogens is 441 g/mol. The second kappa shape index (κ2) is 10.5. The normalized spacial score (nSPS) is 16.6. The van der Waals surface area contributed by atoms with E-state index in [1.165, 1.54) is 0 Å². The number of para-hydroxylation sites is 2. The number of nitrogens with zero attached hydrogens (tertiary/aromatic N) is 3. The van der Waals surface area contributed by atoms with Gasteiger partial charge in [-0.2, -0.15) is 0 Å². The molecule has 1 aliphatic heterocycles. The zero-order chi connectivity index (χ0) is 25.0. The minimum Gasteiger partial charge on any atom is -0.397 e. The van der Waals surface area contributed by atoms with E-state index in [0.29, 0.717) is 22.5 Å². The van der Waals surface area contributed by atoms with Gasteiger partial charge in [0.25, 0.3) is 5.91 Å². The van der Waals surface area contributed by atoms with Gasteiger partial charge in [0, 0.05) is 49.0 Å². The Bertz CT molecular complexity index is 1170. The van der Waals surface area contributed by atoms with E-state index in [2.05, 4.69) is 40.9 Å². The van der Waals surface area contributed by atoms with Crippen molar-refractivity contribution in [2.24, 2.45) is 0 Å². The fourth-order valence-electron chi connectivity index (χ4n) is 4.70. The second-order valence-corrected chi connectivity index (χ2v) is 9.22. The van der Waals surface area contributed by atoms with E-state index in [-0.39, 0.29) is 23.0 Å². The average molecular weight is 476 g/mol. The van der Waals surface area contributed by atoms with Crippen LogP contribution >= 0.6 is 0 Å². The Morgan fingerprint density at radius 1 is 1.09 bits per heavy atom. The Morgan fingerprint density at radius 2 is 1.77 bits per heavy atom. The maximum atomic E-state index is 15.3. The molecule has 1 aromatic heterocycles. The number of rotatable bonds is 7. The highest BCUT2D eigenvalue weighted by Gasteiger charge is 2.35. The monoisotopic (exact) mass is 475 g/mol. The van der Waals surface area contributed by atoms with E-state index in [0.717, 1.165) is 44.7 Å². The third-order valence-corrected chi connectivity index (χ3v) is 7.30. The number of benzene rings is 2. The first kappa shape index (κ1) is 24.8. The Labute approximate surface area is 207 Å². The lowest BCUT2D eigenvalue weighted by atomic mass is 9.87. The number of hydrogen-bond acceptors (Lipinski definition) is 5. The Kier molecular flexibility index (Phi) is 7.48. The van der Waals surface area contributed by atoms with Crippen molar-refractivity contribution in [3.63, 3.8) is 0 Å². The minimum absolute atomic E-state index is 0.270. The fraction of sp³-hybridized carbons (Fsp3) is 0.357. The van der Waals surface area contributed by atoms with Gasteiger partial charge in [-0.25, -0.2) is 4.39 Å². The van der Waals surface area contributed by atoms with Gasteiger partial charge in [0.1, 0.15) is 11.5 Å². The summed E-state index contributed by atoms with van der Waals surface area (Å²) >= 11 is 0. The summed E-state index contributed by atoms with van der Waals surface area (Å²) in [4.78, 5) is 22.0. The highest BCUT2D eigenvalue weighted by molar-refractivity contribution is 6.05. The summed E-state index contributed by atoms with van der Waals surface area (Å²) < 4.78 is 15.3. The molecule has 7 heteroatoms. The third-order valence-electron chi connectivity index (χ3n) is 7.30. The molecule has 4 rings (SSSR count). The molecule has 1 fully saturated rings. The number of nitrogens with two attached hydrogens (primary N) is 1. The highest BCUT2D eigenvalue weighted by atomic mass is 19.1. The van der Waals surface area contributed by atoms with Crippen LogP contribution in [0.2, 0.25) is 0 Å². The van der Waals surface area contributed by atoms with E-state index in [1.807, 2.05) is 12.1 Å². The summed E-state index contributed by atoms with van der Waals surface area (Å²) in [6, 6.07) is 15.5. The molecular formula is C28H34FN5O. The van der Waals surface area contributed by atoms with E-state index < -0.39 is 0 Å². The summed E-state index contributed by atoms with van der Waals surface area (Å²) in [5, 5.41) is 2.80. The van der Waals surface area contributed by atoms with Crippen molar-refractivity contribution in [2.45, 2.75) is 32.7 Å². The summed E-state index contributed by atoms with van der Waals surface area (Å²) in [6.45, 7) is 11.5. The van der Waals surface area contributed by atoms with Crippen molar-refractivity contribution < 1.29 is 9.18 Å². The molecule has 1 saturated heterocycles. The number of hydrogen-bond donors (Lipinski definition) is 2. The average Bonchev–Trinajstić information content (AvgIpc) is 2.89. The van der Waals surface area contributed by atoms with Gasteiger partial charge in [0.15, 0.2) is 0 Å². The number of likely N-dealkylation sites (N-methyl/N-ethyl adjacent to an activating group) is 1. The van der Waals surface area contributed by atoms with Crippen LogP contribution in [-0.4, -0.2) is 53.4 Å². The Hall–Kier alpha value is -3.29. The van der Waals surface area contributed by atoms with Crippen LogP contribution in [-0.2, 0) is 5.54 Å².